The molecule has 174 valence electrons. The molecule has 0 spiro atoms. The molecule has 9 nitrogen and oxygen atoms in total. The Balaban J connectivity index is 1.45. The van der Waals surface area contributed by atoms with E-state index in [1.165, 1.54) is 18.3 Å². The second-order valence-electron chi connectivity index (χ2n) is 8.91. The highest BCUT2D eigenvalue weighted by molar-refractivity contribution is 6.20. The second kappa shape index (κ2) is 8.75. The molecule has 3 aliphatic rings. The number of rotatable bonds is 6. The van der Waals surface area contributed by atoms with Gasteiger partial charge < -0.3 is 5.11 Å². The second-order valence-corrected chi connectivity index (χ2v) is 8.91. The summed E-state index contributed by atoms with van der Waals surface area (Å²) in [7, 11) is 0. The molecular weight excluding hydrogens is 432 g/mol. The fourth-order valence-electron chi connectivity index (χ4n) is 4.97. The van der Waals surface area contributed by atoms with Gasteiger partial charge in [0.15, 0.2) is 5.78 Å². The molecule has 34 heavy (non-hydrogen) atoms. The van der Waals surface area contributed by atoms with Crippen molar-refractivity contribution in [2.45, 2.75) is 31.5 Å². The average Bonchev–Trinajstić information content (AvgIpc) is 3.21. The number of likely N-dealkylation sites (tertiary alicyclic amines) is 1. The first-order valence-electron chi connectivity index (χ1n) is 11.7. The third-order valence-corrected chi connectivity index (χ3v) is 6.81. The molecular formula is C25H26N6O3. The van der Waals surface area contributed by atoms with Crippen LogP contribution in [0, 0.1) is 0 Å². The molecule has 1 aromatic heterocycles. The summed E-state index contributed by atoms with van der Waals surface area (Å²) in [4.78, 5) is 30.7. The molecule has 3 aromatic rings. The Bertz CT molecular complexity index is 1250. The van der Waals surface area contributed by atoms with Gasteiger partial charge in [0.25, 0.3) is 0 Å². The molecule has 2 unspecified atom stereocenters. The van der Waals surface area contributed by atoms with Crippen LogP contribution in [0.1, 0.15) is 51.3 Å². The molecule has 9 heteroatoms. The lowest BCUT2D eigenvalue weighted by molar-refractivity contribution is 0.0914. The van der Waals surface area contributed by atoms with Crippen LogP contribution in [0.3, 0.4) is 0 Å². The third-order valence-electron chi connectivity index (χ3n) is 6.81. The molecule has 0 radical (unpaired) electrons. The summed E-state index contributed by atoms with van der Waals surface area (Å²) >= 11 is 0. The van der Waals surface area contributed by atoms with Crippen molar-refractivity contribution >= 4 is 17.2 Å². The number of aliphatic hydroxyl groups is 1. The van der Waals surface area contributed by atoms with Crippen LogP contribution in [0.25, 0.3) is 0 Å². The molecule has 2 aromatic carbocycles. The Labute approximate surface area is 197 Å². The van der Waals surface area contributed by atoms with Crippen LogP contribution in [0.4, 0.5) is 5.69 Å². The van der Waals surface area contributed by atoms with Crippen LogP contribution in [-0.2, 0) is 17.9 Å². The van der Waals surface area contributed by atoms with Crippen molar-refractivity contribution in [1.29, 1.82) is 0 Å². The predicted octanol–water partition coefficient (Wildman–Crippen LogP) is 2.34. The molecule has 4 heterocycles. The van der Waals surface area contributed by atoms with Crippen molar-refractivity contribution in [2.75, 3.05) is 31.7 Å². The quantitative estimate of drug-likeness (QED) is 0.584. The molecule has 0 saturated carbocycles. The molecule has 0 aliphatic carbocycles. The number of hydrogen-bond donors (Lipinski definition) is 2. The van der Waals surface area contributed by atoms with Crippen molar-refractivity contribution in [3.8, 4) is 0 Å². The Morgan fingerprint density at radius 1 is 1.15 bits per heavy atom. The minimum absolute atomic E-state index is 0.0215. The summed E-state index contributed by atoms with van der Waals surface area (Å²) in [6.07, 6.45) is 2.29. The first kappa shape index (κ1) is 21.2. The van der Waals surface area contributed by atoms with Crippen LogP contribution in [0.15, 0.2) is 53.8 Å². The smallest absolute Gasteiger partial charge is 0.184 e. The van der Waals surface area contributed by atoms with Gasteiger partial charge in [-0.2, -0.15) is 5.10 Å². The molecule has 2 N–H and O–H groups in total. The van der Waals surface area contributed by atoms with Crippen molar-refractivity contribution in [2.24, 2.45) is 4.99 Å². The molecule has 0 amide bonds. The van der Waals surface area contributed by atoms with Crippen LogP contribution in [-0.4, -0.2) is 62.5 Å². The maximum Gasteiger partial charge on any atom is 0.184 e. The standard InChI is InChI=1S/C25H26N6O3/c32-12-11-31-25(27-15-28-31)22-23-21-18(20(33)13-26-23)3-1-4-19(21)29-34-24(22)17-7-5-16(6-8-17)14-30-9-2-10-30/h1,3-8,15,22,24,29,32H,2,9-14H2. The molecule has 3 aliphatic heterocycles. The molecule has 1 saturated heterocycles. The van der Waals surface area contributed by atoms with Crippen LogP contribution < -0.4 is 5.48 Å². The van der Waals surface area contributed by atoms with Crippen molar-refractivity contribution in [3.05, 3.63) is 76.9 Å². The van der Waals surface area contributed by atoms with E-state index >= 15 is 0 Å². The minimum Gasteiger partial charge on any atom is -0.394 e. The number of aliphatic hydroxyl groups excluding tert-OH is 1. The largest absolute Gasteiger partial charge is 0.394 e. The number of carbonyl (C=O) groups is 1. The van der Waals surface area contributed by atoms with Gasteiger partial charge in [-0.15, -0.1) is 0 Å². The Morgan fingerprint density at radius 3 is 2.76 bits per heavy atom. The molecule has 6 rings (SSSR count). The third kappa shape index (κ3) is 3.62. The summed E-state index contributed by atoms with van der Waals surface area (Å²) in [5, 5.41) is 13.9. The minimum atomic E-state index is -0.466. The van der Waals surface area contributed by atoms with Crippen LogP contribution in [0.2, 0.25) is 0 Å². The van der Waals surface area contributed by atoms with Gasteiger partial charge in [-0.3, -0.25) is 25.0 Å². The van der Waals surface area contributed by atoms with E-state index in [0.717, 1.165) is 36.5 Å². The van der Waals surface area contributed by atoms with E-state index in [0.29, 0.717) is 23.6 Å². The number of aromatic nitrogens is 3. The summed E-state index contributed by atoms with van der Waals surface area (Å²) in [6.45, 7) is 3.57. The van der Waals surface area contributed by atoms with Crippen LogP contribution in [0.5, 0.6) is 0 Å². The summed E-state index contributed by atoms with van der Waals surface area (Å²) in [5.74, 6) is 0.200. The Hall–Kier alpha value is -3.40. The van der Waals surface area contributed by atoms with E-state index in [9.17, 15) is 9.90 Å². The summed E-state index contributed by atoms with van der Waals surface area (Å²) in [6, 6.07) is 14.0. The monoisotopic (exact) mass is 458 g/mol. The zero-order chi connectivity index (χ0) is 23.1. The van der Waals surface area contributed by atoms with E-state index in [4.69, 9.17) is 9.83 Å². The van der Waals surface area contributed by atoms with Gasteiger partial charge in [0, 0.05) is 17.7 Å². The number of ketones is 1. The van der Waals surface area contributed by atoms with E-state index in [1.807, 2.05) is 18.2 Å². The van der Waals surface area contributed by atoms with E-state index in [-0.39, 0.29) is 18.9 Å². The van der Waals surface area contributed by atoms with Gasteiger partial charge in [-0.25, -0.2) is 9.67 Å². The van der Waals surface area contributed by atoms with Gasteiger partial charge in [-0.05, 0) is 36.7 Å². The maximum absolute atomic E-state index is 12.7. The highest BCUT2D eigenvalue weighted by Gasteiger charge is 2.41. The molecule has 1 fully saturated rings. The fraction of sp³-hybridized carbons (Fsp3) is 0.360. The van der Waals surface area contributed by atoms with Gasteiger partial charge in [0.2, 0.25) is 0 Å². The zero-order valence-corrected chi connectivity index (χ0v) is 18.7. The van der Waals surface area contributed by atoms with E-state index in [2.05, 4.69) is 44.7 Å². The van der Waals surface area contributed by atoms with Gasteiger partial charge in [-0.1, -0.05) is 36.4 Å². The first-order valence-corrected chi connectivity index (χ1v) is 11.7. The normalized spacial score (nSPS) is 21.8. The fourth-order valence-corrected chi connectivity index (χ4v) is 4.97. The number of nitrogens with zero attached hydrogens (tertiary/aromatic N) is 5. The lowest BCUT2D eigenvalue weighted by Gasteiger charge is -2.31. The maximum atomic E-state index is 12.7. The highest BCUT2D eigenvalue weighted by atomic mass is 16.7. The number of hydrogen-bond acceptors (Lipinski definition) is 8. The number of anilines is 1. The zero-order valence-electron chi connectivity index (χ0n) is 18.7. The highest BCUT2D eigenvalue weighted by Crippen LogP contribution is 2.43. The number of aliphatic imine (C=N–C) groups is 1. The lowest BCUT2D eigenvalue weighted by Crippen LogP contribution is -2.36. The summed E-state index contributed by atoms with van der Waals surface area (Å²) in [5.41, 5.74) is 8.16. The van der Waals surface area contributed by atoms with Gasteiger partial charge in [0.05, 0.1) is 30.5 Å². The summed E-state index contributed by atoms with van der Waals surface area (Å²) < 4.78 is 1.69. The van der Waals surface area contributed by atoms with Gasteiger partial charge >= 0.3 is 0 Å². The van der Waals surface area contributed by atoms with Gasteiger partial charge in [0.1, 0.15) is 24.8 Å². The first-order chi connectivity index (χ1) is 16.7. The lowest BCUT2D eigenvalue weighted by atomic mass is 9.83. The number of nitrogens with one attached hydrogen (secondary N) is 1. The van der Waals surface area contributed by atoms with E-state index < -0.39 is 12.0 Å². The van der Waals surface area contributed by atoms with Crippen molar-refractivity contribution < 1.29 is 14.7 Å². The SMILES string of the molecule is O=C1CN=C2c3c(cccc31)NOC(c1ccc(CN3CCC3)cc1)C2c1ncnn1CCO. The Kier molecular flexibility index (Phi) is 5.44. The number of Topliss-reactive ketones (excluding diaryl/α,β-unsaturated/α-hetero) is 1. The topological polar surface area (TPSA) is 105 Å². The number of carbonyl (C=O) groups excluding carboxylic acids is 1. The van der Waals surface area contributed by atoms with Crippen molar-refractivity contribution in [3.63, 3.8) is 0 Å². The van der Waals surface area contributed by atoms with E-state index in [1.54, 1.807) is 4.68 Å². The molecule has 0 bridgehead atoms. The molecule has 2 atom stereocenters. The van der Waals surface area contributed by atoms with Crippen LogP contribution >= 0.6 is 0 Å². The number of benzene rings is 2. The average molecular weight is 459 g/mol. The van der Waals surface area contributed by atoms with Crippen molar-refractivity contribution in [1.82, 2.24) is 19.7 Å². The Morgan fingerprint density at radius 2 is 2.00 bits per heavy atom. The predicted molar refractivity (Wildman–Crippen MR) is 126 cm³/mol.